The van der Waals surface area contributed by atoms with Crippen molar-refractivity contribution in [3.63, 3.8) is 0 Å². The molecular formula is C16H18FN3O3S. The minimum Gasteiger partial charge on any atom is -0.396 e. The Kier molecular flexibility index (Phi) is 3.50. The Morgan fingerprint density at radius 3 is 2.62 bits per heavy atom. The molecule has 1 aromatic heterocycles. The van der Waals surface area contributed by atoms with Crippen molar-refractivity contribution in [3.05, 3.63) is 41.7 Å². The van der Waals surface area contributed by atoms with Gasteiger partial charge in [0.25, 0.3) is 5.16 Å². The number of fused-ring (bicyclic) bond motifs is 1. The van der Waals surface area contributed by atoms with Gasteiger partial charge in [0.2, 0.25) is 9.84 Å². The average Bonchev–Trinajstić information content (AvgIpc) is 3.06. The summed E-state index contributed by atoms with van der Waals surface area (Å²) in [5.74, 6) is -0.122. The van der Waals surface area contributed by atoms with Gasteiger partial charge in [-0.1, -0.05) is 30.3 Å². The fourth-order valence-electron chi connectivity index (χ4n) is 3.24. The van der Waals surface area contributed by atoms with E-state index >= 15 is 0 Å². The third kappa shape index (κ3) is 2.53. The van der Waals surface area contributed by atoms with E-state index in [0.717, 1.165) is 5.56 Å². The summed E-state index contributed by atoms with van der Waals surface area (Å²) in [5, 5.41) is 13.1. The number of sulfone groups is 1. The Morgan fingerprint density at radius 1 is 1.29 bits per heavy atom. The first-order valence-electron chi connectivity index (χ1n) is 7.93. The molecule has 2 aliphatic rings. The maximum atomic E-state index is 14.3. The molecule has 1 saturated carbocycles. The number of aliphatic hydroxyl groups is 1. The zero-order valence-electron chi connectivity index (χ0n) is 13.0. The maximum absolute atomic E-state index is 14.3. The van der Waals surface area contributed by atoms with E-state index in [2.05, 4.69) is 10.1 Å². The molecule has 1 aromatic carbocycles. The van der Waals surface area contributed by atoms with Crippen LogP contribution in [0, 0.1) is 5.41 Å². The number of benzene rings is 1. The van der Waals surface area contributed by atoms with Crippen molar-refractivity contribution in [2.75, 3.05) is 12.4 Å². The SMILES string of the molecule is O=S(=O)(CC1(CO)CC1)c1nc2n(n1)[C@H](c1ccccc1)C[C@@H]2F. The smallest absolute Gasteiger partial charge is 0.267 e. The number of alkyl halides is 1. The Balaban J connectivity index is 1.68. The largest absolute Gasteiger partial charge is 0.396 e. The second kappa shape index (κ2) is 5.35. The summed E-state index contributed by atoms with van der Waals surface area (Å²) < 4.78 is 40.8. The van der Waals surface area contributed by atoms with Gasteiger partial charge >= 0.3 is 0 Å². The van der Waals surface area contributed by atoms with Gasteiger partial charge in [0.05, 0.1) is 11.8 Å². The molecule has 2 atom stereocenters. The Morgan fingerprint density at radius 2 is 2.00 bits per heavy atom. The molecule has 2 aromatic rings. The van der Waals surface area contributed by atoms with E-state index < -0.39 is 21.4 Å². The Hall–Kier alpha value is -1.80. The van der Waals surface area contributed by atoms with Gasteiger partial charge in [-0.3, -0.25) is 0 Å². The third-order valence-corrected chi connectivity index (χ3v) is 6.62. The van der Waals surface area contributed by atoms with E-state index in [1.165, 1.54) is 4.68 Å². The van der Waals surface area contributed by atoms with Crippen LogP contribution < -0.4 is 0 Å². The first-order chi connectivity index (χ1) is 11.4. The van der Waals surface area contributed by atoms with Crippen molar-refractivity contribution in [1.29, 1.82) is 0 Å². The van der Waals surface area contributed by atoms with Gasteiger partial charge in [-0.25, -0.2) is 17.5 Å². The Labute approximate surface area is 139 Å². The fraction of sp³-hybridized carbons (Fsp3) is 0.500. The number of rotatable bonds is 5. The van der Waals surface area contributed by atoms with Crippen molar-refractivity contribution >= 4 is 9.84 Å². The number of hydrogen-bond donors (Lipinski definition) is 1. The molecular weight excluding hydrogens is 333 g/mol. The fourth-order valence-corrected chi connectivity index (χ4v) is 5.00. The summed E-state index contributed by atoms with van der Waals surface area (Å²) in [4.78, 5) is 3.97. The van der Waals surface area contributed by atoms with Crippen LogP contribution >= 0.6 is 0 Å². The lowest BCUT2D eigenvalue weighted by molar-refractivity contribution is 0.225. The molecule has 1 aliphatic heterocycles. The highest BCUT2D eigenvalue weighted by Crippen LogP contribution is 2.47. The van der Waals surface area contributed by atoms with E-state index in [4.69, 9.17) is 0 Å². The second-order valence-corrected chi connectivity index (χ2v) is 8.63. The van der Waals surface area contributed by atoms with Crippen LogP contribution in [0.5, 0.6) is 0 Å². The zero-order valence-corrected chi connectivity index (χ0v) is 13.8. The summed E-state index contributed by atoms with van der Waals surface area (Å²) in [6.07, 6.45) is 0.225. The van der Waals surface area contributed by atoms with Gasteiger partial charge in [0.1, 0.15) is 0 Å². The highest BCUT2D eigenvalue weighted by Gasteiger charge is 2.47. The van der Waals surface area contributed by atoms with Crippen LogP contribution in [-0.4, -0.2) is 40.6 Å². The van der Waals surface area contributed by atoms with Gasteiger partial charge in [0.15, 0.2) is 12.0 Å². The molecule has 0 amide bonds. The van der Waals surface area contributed by atoms with Crippen molar-refractivity contribution in [1.82, 2.24) is 14.8 Å². The quantitative estimate of drug-likeness (QED) is 0.888. The van der Waals surface area contributed by atoms with Crippen molar-refractivity contribution < 1.29 is 17.9 Å². The van der Waals surface area contributed by atoms with Gasteiger partial charge < -0.3 is 5.11 Å². The summed E-state index contributed by atoms with van der Waals surface area (Å²) in [6.45, 7) is -0.168. The molecule has 0 spiro atoms. The van der Waals surface area contributed by atoms with Crippen LogP contribution in [0.4, 0.5) is 4.39 Å². The molecule has 8 heteroatoms. The first-order valence-corrected chi connectivity index (χ1v) is 9.58. The van der Waals surface area contributed by atoms with Crippen LogP contribution in [0.3, 0.4) is 0 Å². The number of aliphatic hydroxyl groups excluding tert-OH is 1. The van der Waals surface area contributed by atoms with E-state index in [-0.39, 0.29) is 35.8 Å². The standard InChI is InChI=1S/C16H18FN3O3S/c17-12-8-13(11-4-2-1-3-5-11)20-14(12)18-15(19-20)24(22,23)10-16(9-21)6-7-16/h1-5,12-13,21H,6-10H2/t12-,13-/m0/s1. The topological polar surface area (TPSA) is 85.1 Å². The minimum absolute atomic E-state index is 0.0660. The van der Waals surface area contributed by atoms with Gasteiger partial charge in [0, 0.05) is 18.4 Å². The van der Waals surface area contributed by atoms with Crippen LogP contribution in [-0.2, 0) is 9.84 Å². The number of halogens is 1. The van der Waals surface area contributed by atoms with E-state index in [1.807, 2.05) is 30.3 Å². The molecule has 0 saturated heterocycles. The van der Waals surface area contributed by atoms with Crippen molar-refractivity contribution in [2.45, 2.75) is 36.6 Å². The molecule has 4 rings (SSSR count). The second-order valence-electron chi connectivity index (χ2n) is 6.74. The number of hydrogen-bond acceptors (Lipinski definition) is 5. The lowest BCUT2D eigenvalue weighted by atomic mass is 10.0. The number of nitrogens with zero attached hydrogens (tertiary/aromatic N) is 3. The molecule has 0 bridgehead atoms. The molecule has 24 heavy (non-hydrogen) atoms. The molecule has 0 radical (unpaired) electrons. The number of aromatic nitrogens is 3. The predicted molar refractivity (Wildman–Crippen MR) is 83.9 cm³/mol. The van der Waals surface area contributed by atoms with E-state index in [9.17, 15) is 17.9 Å². The molecule has 1 N–H and O–H groups in total. The molecule has 0 unspecified atom stereocenters. The highest BCUT2D eigenvalue weighted by molar-refractivity contribution is 7.91. The van der Waals surface area contributed by atoms with E-state index in [1.54, 1.807) is 0 Å². The van der Waals surface area contributed by atoms with Gasteiger partial charge in [-0.15, -0.1) is 5.10 Å². The van der Waals surface area contributed by atoms with Crippen molar-refractivity contribution in [3.8, 4) is 0 Å². The van der Waals surface area contributed by atoms with Crippen LogP contribution in [0.15, 0.2) is 35.5 Å². The zero-order chi connectivity index (χ0) is 16.9. The summed E-state index contributed by atoms with van der Waals surface area (Å²) in [7, 11) is -3.74. The monoisotopic (exact) mass is 351 g/mol. The summed E-state index contributed by atoms with van der Waals surface area (Å²) in [5.41, 5.74) is 0.310. The lowest BCUT2D eigenvalue weighted by Crippen LogP contribution is -2.22. The summed E-state index contributed by atoms with van der Waals surface area (Å²) in [6, 6.07) is 8.97. The van der Waals surface area contributed by atoms with Gasteiger partial charge in [-0.2, -0.15) is 4.98 Å². The van der Waals surface area contributed by atoms with Crippen LogP contribution in [0.25, 0.3) is 0 Å². The predicted octanol–water partition coefficient (Wildman–Crippen LogP) is 1.83. The average molecular weight is 351 g/mol. The molecule has 1 aliphatic carbocycles. The summed E-state index contributed by atoms with van der Waals surface area (Å²) >= 11 is 0. The molecule has 6 nitrogen and oxygen atoms in total. The normalized spacial score (nSPS) is 24.8. The minimum atomic E-state index is -3.74. The van der Waals surface area contributed by atoms with Crippen LogP contribution in [0.2, 0.25) is 0 Å². The maximum Gasteiger partial charge on any atom is 0.267 e. The van der Waals surface area contributed by atoms with Crippen molar-refractivity contribution in [2.24, 2.45) is 5.41 Å². The van der Waals surface area contributed by atoms with Gasteiger partial charge in [-0.05, 0) is 18.4 Å². The van der Waals surface area contributed by atoms with E-state index in [0.29, 0.717) is 12.8 Å². The first kappa shape index (κ1) is 15.7. The molecule has 2 heterocycles. The highest BCUT2D eigenvalue weighted by atomic mass is 32.2. The third-order valence-electron chi connectivity index (χ3n) is 4.90. The molecule has 128 valence electrons. The molecule has 1 fully saturated rings. The van der Waals surface area contributed by atoms with Crippen LogP contribution in [0.1, 0.15) is 42.9 Å². The Bertz CT molecular complexity index is 862. The lowest BCUT2D eigenvalue weighted by Gasteiger charge is -2.12.